The molecule has 2 aromatic rings. The van der Waals surface area contributed by atoms with Crippen LogP contribution in [-0.2, 0) is 11.3 Å². The lowest BCUT2D eigenvalue weighted by molar-refractivity contribution is -0.141. The van der Waals surface area contributed by atoms with Gasteiger partial charge in [0.05, 0.1) is 12.9 Å². The number of methoxy groups -OCH3 is 1. The lowest BCUT2D eigenvalue weighted by Gasteiger charge is -2.56. The molecule has 4 bridgehead atoms. The molecule has 0 amide bonds. The van der Waals surface area contributed by atoms with Gasteiger partial charge in [0.1, 0.15) is 11.5 Å². The number of unbranched alkanes of at least 4 members (excludes halogenated alkanes) is 1. The van der Waals surface area contributed by atoms with E-state index >= 15 is 0 Å². The van der Waals surface area contributed by atoms with Crippen LogP contribution in [0.25, 0.3) is 11.4 Å². The zero-order valence-electron chi connectivity index (χ0n) is 18.7. The summed E-state index contributed by atoms with van der Waals surface area (Å²) < 4.78 is 7.48. The van der Waals surface area contributed by atoms with Crippen molar-refractivity contribution in [2.75, 3.05) is 12.9 Å². The van der Waals surface area contributed by atoms with Crippen LogP contribution < -0.4 is 4.74 Å². The maximum absolute atomic E-state index is 13.5. The zero-order valence-corrected chi connectivity index (χ0v) is 19.5. The lowest BCUT2D eigenvalue weighted by atomic mass is 9.48. The molecule has 4 fully saturated rings. The molecule has 0 atom stereocenters. The first-order chi connectivity index (χ1) is 15.1. The Bertz CT molecular complexity index is 901. The van der Waals surface area contributed by atoms with Gasteiger partial charge in [-0.1, -0.05) is 25.1 Å². The quantitative estimate of drug-likeness (QED) is 0.474. The van der Waals surface area contributed by atoms with Crippen molar-refractivity contribution in [2.24, 2.45) is 23.2 Å². The highest BCUT2D eigenvalue weighted by molar-refractivity contribution is 7.99. The Balaban J connectivity index is 1.33. The van der Waals surface area contributed by atoms with Gasteiger partial charge in [0.15, 0.2) is 11.0 Å². The van der Waals surface area contributed by atoms with E-state index in [1.807, 2.05) is 24.3 Å². The van der Waals surface area contributed by atoms with E-state index in [2.05, 4.69) is 21.7 Å². The summed E-state index contributed by atoms with van der Waals surface area (Å²) in [6.45, 7) is 3.07. The van der Waals surface area contributed by atoms with E-state index in [1.165, 1.54) is 19.3 Å². The topological polar surface area (TPSA) is 57.0 Å². The number of Topliss-reactive ketones (excluding diaryl/α,β-unsaturated/α-hetero) is 1. The van der Waals surface area contributed by atoms with Crippen molar-refractivity contribution in [3.8, 4) is 17.1 Å². The minimum atomic E-state index is -0.0329. The Morgan fingerprint density at radius 1 is 1.10 bits per heavy atom. The summed E-state index contributed by atoms with van der Waals surface area (Å²) in [5.41, 5.74) is 0.998. The summed E-state index contributed by atoms with van der Waals surface area (Å²) in [5.74, 6) is 5.10. The summed E-state index contributed by atoms with van der Waals surface area (Å²) in [6.07, 6.45) is 9.70. The molecule has 4 saturated carbocycles. The molecular weight excluding hydrogens is 406 g/mol. The maximum atomic E-state index is 13.5. The number of ketones is 1. The molecule has 0 unspecified atom stereocenters. The molecule has 6 heteroatoms. The van der Waals surface area contributed by atoms with Gasteiger partial charge in [0, 0.05) is 17.5 Å². The molecule has 0 spiro atoms. The second kappa shape index (κ2) is 8.61. The Kier molecular flexibility index (Phi) is 5.84. The van der Waals surface area contributed by atoms with Crippen LogP contribution in [0.3, 0.4) is 0 Å². The highest BCUT2D eigenvalue weighted by Crippen LogP contribution is 2.60. The summed E-state index contributed by atoms with van der Waals surface area (Å²) in [6, 6.07) is 7.97. The first-order valence-electron chi connectivity index (χ1n) is 11.8. The average molecular weight is 440 g/mol. The minimum Gasteiger partial charge on any atom is -0.497 e. The Morgan fingerprint density at radius 3 is 2.32 bits per heavy atom. The van der Waals surface area contributed by atoms with E-state index in [-0.39, 0.29) is 5.41 Å². The van der Waals surface area contributed by atoms with Gasteiger partial charge in [-0.05, 0) is 87.0 Å². The van der Waals surface area contributed by atoms with Crippen LogP contribution in [-0.4, -0.2) is 33.4 Å². The first-order valence-corrected chi connectivity index (χ1v) is 12.8. The predicted molar refractivity (Wildman–Crippen MR) is 123 cm³/mol. The van der Waals surface area contributed by atoms with Crippen LogP contribution in [0.5, 0.6) is 5.75 Å². The summed E-state index contributed by atoms with van der Waals surface area (Å²) in [5, 5.41) is 9.88. The zero-order chi connectivity index (χ0) is 21.4. The van der Waals surface area contributed by atoms with Gasteiger partial charge in [-0.2, -0.15) is 0 Å². The van der Waals surface area contributed by atoms with Crippen LogP contribution >= 0.6 is 11.8 Å². The number of hydrogen-bond donors (Lipinski definition) is 0. The van der Waals surface area contributed by atoms with Crippen molar-refractivity contribution in [2.45, 2.75) is 70.0 Å². The molecule has 5 nitrogen and oxygen atoms in total. The number of hydrogen-bond acceptors (Lipinski definition) is 5. The largest absolute Gasteiger partial charge is 0.497 e. The van der Waals surface area contributed by atoms with Crippen molar-refractivity contribution < 1.29 is 9.53 Å². The summed E-state index contributed by atoms with van der Waals surface area (Å²) in [4.78, 5) is 13.5. The van der Waals surface area contributed by atoms with Crippen LogP contribution in [0.15, 0.2) is 29.4 Å². The van der Waals surface area contributed by atoms with Crippen molar-refractivity contribution in [1.29, 1.82) is 0 Å². The molecule has 31 heavy (non-hydrogen) atoms. The lowest BCUT2D eigenvalue weighted by Crippen LogP contribution is -2.50. The van der Waals surface area contributed by atoms with E-state index < -0.39 is 0 Å². The van der Waals surface area contributed by atoms with E-state index in [0.29, 0.717) is 11.5 Å². The van der Waals surface area contributed by atoms with E-state index in [9.17, 15) is 4.79 Å². The highest BCUT2D eigenvalue weighted by atomic mass is 32.2. The van der Waals surface area contributed by atoms with Crippen LogP contribution in [0.4, 0.5) is 0 Å². The number of carbonyl (C=O) groups is 1. The van der Waals surface area contributed by atoms with Gasteiger partial charge in [-0.15, -0.1) is 10.2 Å². The normalized spacial score (nSPS) is 28.8. The van der Waals surface area contributed by atoms with E-state index in [1.54, 1.807) is 18.9 Å². The third kappa shape index (κ3) is 4.04. The van der Waals surface area contributed by atoms with Crippen molar-refractivity contribution in [3.05, 3.63) is 24.3 Å². The third-order valence-electron chi connectivity index (χ3n) is 7.76. The number of benzene rings is 1. The van der Waals surface area contributed by atoms with Crippen molar-refractivity contribution >= 4 is 17.5 Å². The molecule has 6 rings (SSSR count). The molecule has 0 aliphatic heterocycles. The molecule has 166 valence electrons. The SMILES string of the molecule is CCCCn1c(SCC(=O)C23CC4CC(CC(C4)C2)C3)nnc1-c1ccc(OC)cc1. The van der Waals surface area contributed by atoms with Crippen LogP contribution in [0, 0.1) is 23.2 Å². The number of thioether (sulfide) groups is 1. The third-order valence-corrected chi connectivity index (χ3v) is 8.73. The number of rotatable bonds is 9. The number of carbonyl (C=O) groups excluding carboxylic acids is 1. The Labute approximate surface area is 189 Å². The molecular formula is C25H33N3O2S. The predicted octanol–water partition coefficient (Wildman–Crippen LogP) is 5.63. The van der Waals surface area contributed by atoms with Gasteiger partial charge in [-0.3, -0.25) is 4.79 Å². The molecule has 0 radical (unpaired) electrons. The smallest absolute Gasteiger partial charge is 0.191 e. The van der Waals surface area contributed by atoms with E-state index in [0.717, 1.165) is 78.7 Å². The molecule has 4 aliphatic carbocycles. The molecule has 0 saturated heterocycles. The fourth-order valence-electron chi connectivity index (χ4n) is 6.60. The average Bonchev–Trinajstić information content (AvgIpc) is 3.17. The minimum absolute atomic E-state index is 0.0329. The van der Waals surface area contributed by atoms with Gasteiger partial charge in [0.2, 0.25) is 0 Å². The Morgan fingerprint density at radius 2 is 1.74 bits per heavy atom. The van der Waals surface area contributed by atoms with Gasteiger partial charge in [0.25, 0.3) is 0 Å². The van der Waals surface area contributed by atoms with E-state index in [4.69, 9.17) is 4.74 Å². The fraction of sp³-hybridized carbons (Fsp3) is 0.640. The molecule has 0 N–H and O–H groups in total. The molecule has 4 aliphatic rings. The fourth-order valence-corrected chi connectivity index (χ4v) is 7.60. The van der Waals surface area contributed by atoms with Crippen molar-refractivity contribution in [3.63, 3.8) is 0 Å². The Hall–Kier alpha value is -1.82. The second-order valence-corrected chi connectivity index (χ2v) is 10.9. The molecule has 1 aromatic carbocycles. The number of aromatic nitrogens is 3. The summed E-state index contributed by atoms with van der Waals surface area (Å²) in [7, 11) is 1.67. The monoisotopic (exact) mass is 439 g/mol. The maximum Gasteiger partial charge on any atom is 0.191 e. The van der Waals surface area contributed by atoms with Gasteiger partial charge < -0.3 is 9.30 Å². The van der Waals surface area contributed by atoms with Crippen molar-refractivity contribution in [1.82, 2.24) is 14.8 Å². The van der Waals surface area contributed by atoms with Gasteiger partial charge in [-0.25, -0.2) is 0 Å². The number of ether oxygens (including phenoxy) is 1. The number of nitrogens with zero attached hydrogens (tertiary/aromatic N) is 3. The second-order valence-electron chi connectivity index (χ2n) is 9.95. The molecule has 1 heterocycles. The molecule has 1 aromatic heterocycles. The summed E-state index contributed by atoms with van der Waals surface area (Å²) >= 11 is 1.59. The van der Waals surface area contributed by atoms with Crippen LogP contribution in [0.1, 0.15) is 58.3 Å². The van der Waals surface area contributed by atoms with Gasteiger partial charge >= 0.3 is 0 Å². The highest BCUT2D eigenvalue weighted by Gasteiger charge is 2.54. The standard InChI is InChI=1S/C25H33N3O2S/c1-3-4-9-28-23(20-5-7-21(30-2)8-6-20)26-27-24(28)31-16-22(29)25-13-17-10-18(14-25)12-19(11-17)15-25/h5-8,17-19H,3-4,9-16H2,1-2H3. The first kappa shape index (κ1) is 21.0. The van der Waals surface area contributed by atoms with Crippen LogP contribution in [0.2, 0.25) is 0 Å².